The average Bonchev–Trinajstić information content (AvgIpc) is 2.86. The molecule has 19 heavy (non-hydrogen) atoms. The van der Waals surface area contributed by atoms with E-state index in [1.807, 2.05) is 0 Å². The highest BCUT2D eigenvalue weighted by Crippen LogP contribution is 2.27. The number of nitrogens with zero attached hydrogens (tertiary/aromatic N) is 2. The quantitative estimate of drug-likeness (QED) is 0.833. The minimum absolute atomic E-state index is 0.0953. The number of carbonyl (C=O) groups excluding carboxylic acids is 1. The SMILES string of the molecule is Nc1ccncc1C(=O)NC1CCN2CCCC2C1. The average molecular weight is 260 g/mol. The third-order valence-corrected chi connectivity index (χ3v) is 4.26. The number of hydrogen-bond acceptors (Lipinski definition) is 4. The van der Waals surface area contributed by atoms with Crippen LogP contribution in [0, 0.1) is 0 Å². The Kier molecular flexibility index (Phi) is 3.38. The number of carbonyl (C=O) groups is 1. The fraction of sp³-hybridized carbons (Fsp3) is 0.571. The fourth-order valence-electron chi connectivity index (χ4n) is 3.21. The summed E-state index contributed by atoms with van der Waals surface area (Å²) in [5, 5.41) is 3.10. The van der Waals surface area contributed by atoms with E-state index in [-0.39, 0.29) is 11.9 Å². The van der Waals surface area contributed by atoms with Crippen LogP contribution in [-0.4, -0.2) is 41.0 Å². The van der Waals surface area contributed by atoms with Crippen molar-refractivity contribution in [3.63, 3.8) is 0 Å². The topological polar surface area (TPSA) is 71.2 Å². The predicted octanol–water partition coefficient (Wildman–Crippen LogP) is 1.02. The van der Waals surface area contributed by atoms with Crippen LogP contribution in [0.4, 0.5) is 5.69 Å². The van der Waals surface area contributed by atoms with E-state index in [0.717, 1.165) is 19.4 Å². The van der Waals surface area contributed by atoms with Gasteiger partial charge in [-0.1, -0.05) is 0 Å². The van der Waals surface area contributed by atoms with Gasteiger partial charge in [0.25, 0.3) is 5.91 Å². The van der Waals surface area contributed by atoms with Crippen LogP contribution in [0.5, 0.6) is 0 Å². The Hall–Kier alpha value is -1.62. The van der Waals surface area contributed by atoms with Crippen molar-refractivity contribution in [1.29, 1.82) is 0 Å². The van der Waals surface area contributed by atoms with E-state index in [1.165, 1.54) is 25.6 Å². The minimum atomic E-state index is -0.0953. The molecular weight excluding hydrogens is 240 g/mol. The van der Waals surface area contributed by atoms with E-state index < -0.39 is 0 Å². The second kappa shape index (κ2) is 5.17. The molecule has 0 aromatic carbocycles. The van der Waals surface area contributed by atoms with Crippen LogP contribution in [0.15, 0.2) is 18.5 Å². The standard InChI is InChI=1S/C14H20N4O/c15-13-3-5-16-9-12(13)14(19)17-10-4-7-18-6-1-2-11(18)8-10/h3,5,9-11H,1-2,4,6-8H2,(H2,15,16)(H,17,19). The number of rotatable bonds is 2. The predicted molar refractivity (Wildman–Crippen MR) is 73.7 cm³/mol. The van der Waals surface area contributed by atoms with Crippen molar-refractivity contribution >= 4 is 11.6 Å². The molecule has 1 aromatic rings. The van der Waals surface area contributed by atoms with Crippen molar-refractivity contribution in [2.24, 2.45) is 0 Å². The van der Waals surface area contributed by atoms with Crippen LogP contribution in [-0.2, 0) is 0 Å². The normalized spacial score (nSPS) is 26.9. The van der Waals surface area contributed by atoms with Crippen molar-refractivity contribution in [2.45, 2.75) is 37.8 Å². The second-order valence-electron chi connectivity index (χ2n) is 5.49. The molecule has 0 aliphatic carbocycles. The zero-order chi connectivity index (χ0) is 13.2. The summed E-state index contributed by atoms with van der Waals surface area (Å²) in [4.78, 5) is 18.7. The summed E-state index contributed by atoms with van der Waals surface area (Å²) in [5.74, 6) is -0.0953. The molecular formula is C14H20N4O. The number of aromatic nitrogens is 1. The molecule has 2 fully saturated rings. The van der Waals surface area contributed by atoms with Gasteiger partial charge in [0.2, 0.25) is 0 Å². The smallest absolute Gasteiger partial charge is 0.255 e. The van der Waals surface area contributed by atoms with Crippen molar-refractivity contribution in [2.75, 3.05) is 18.8 Å². The van der Waals surface area contributed by atoms with Crippen LogP contribution in [0.1, 0.15) is 36.0 Å². The van der Waals surface area contributed by atoms with Gasteiger partial charge in [0.1, 0.15) is 0 Å². The molecule has 2 saturated heterocycles. The van der Waals surface area contributed by atoms with E-state index in [0.29, 0.717) is 17.3 Å². The Morgan fingerprint density at radius 1 is 1.42 bits per heavy atom. The van der Waals surface area contributed by atoms with Gasteiger partial charge in [-0.15, -0.1) is 0 Å². The molecule has 0 spiro atoms. The maximum Gasteiger partial charge on any atom is 0.255 e. The summed E-state index contributed by atoms with van der Waals surface area (Å²) in [6.45, 7) is 2.32. The highest BCUT2D eigenvalue weighted by Gasteiger charge is 2.32. The zero-order valence-corrected chi connectivity index (χ0v) is 11.0. The van der Waals surface area contributed by atoms with E-state index in [9.17, 15) is 4.79 Å². The van der Waals surface area contributed by atoms with E-state index in [1.54, 1.807) is 12.3 Å². The first-order valence-electron chi connectivity index (χ1n) is 6.98. The lowest BCUT2D eigenvalue weighted by molar-refractivity contribution is 0.0897. The van der Waals surface area contributed by atoms with Crippen molar-refractivity contribution in [3.05, 3.63) is 24.0 Å². The number of anilines is 1. The molecule has 2 aliphatic rings. The third kappa shape index (κ3) is 2.56. The number of fused-ring (bicyclic) bond motifs is 1. The number of nitrogen functional groups attached to an aromatic ring is 1. The molecule has 0 radical (unpaired) electrons. The molecule has 2 aliphatic heterocycles. The molecule has 5 nitrogen and oxygen atoms in total. The molecule has 0 bridgehead atoms. The highest BCUT2D eigenvalue weighted by atomic mass is 16.1. The summed E-state index contributed by atoms with van der Waals surface area (Å²) in [5.41, 5.74) is 6.78. The number of hydrogen-bond donors (Lipinski definition) is 2. The Morgan fingerprint density at radius 2 is 2.32 bits per heavy atom. The molecule has 3 rings (SSSR count). The third-order valence-electron chi connectivity index (χ3n) is 4.26. The van der Waals surface area contributed by atoms with E-state index in [2.05, 4.69) is 15.2 Å². The van der Waals surface area contributed by atoms with Crippen LogP contribution in [0.25, 0.3) is 0 Å². The molecule has 3 N–H and O–H groups in total. The summed E-state index contributed by atoms with van der Waals surface area (Å²) < 4.78 is 0. The first kappa shape index (κ1) is 12.4. The van der Waals surface area contributed by atoms with Crippen LogP contribution >= 0.6 is 0 Å². The highest BCUT2D eigenvalue weighted by molar-refractivity contribution is 5.98. The van der Waals surface area contributed by atoms with E-state index >= 15 is 0 Å². The monoisotopic (exact) mass is 260 g/mol. The number of pyridine rings is 1. The van der Waals surface area contributed by atoms with Crippen molar-refractivity contribution in [3.8, 4) is 0 Å². The van der Waals surface area contributed by atoms with Gasteiger partial charge in [-0.2, -0.15) is 0 Å². The summed E-state index contributed by atoms with van der Waals surface area (Å²) in [6, 6.07) is 2.59. The van der Waals surface area contributed by atoms with Crippen molar-refractivity contribution in [1.82, 2.24) is 15.2 Å². The Labute approximate surface area is 113 Å². The van der Waals surface area contributed by atoms with Gasteiger partial charge in [0.05, 0.1) is 5.56 Å². The van der Waals surface area contributed by atoms with Gasteiger partial charge in [-0.05, 0) is 38.3 Å². The van der Waals surface area contributed by atoms with Gasteiger partial charge in [0.15, 0.2) is 0 Å². The van der Waals surface area contributed by atoms with Crippen LogP contribution < -0.4 is 11.1 Å². The molecule has 0 saturated carbocycles. The summed E-state index contributed by atoms with van der Waals surface area (Å²) >= 11 is 0. The zero-order valence-electron chi connectivity index (χ0n) is 11.0. The van der Waals surface area contributed by atoms with Crippen molar-refractivity contribution < 1.29 is 4.79 Å². The lowest BCUT2D eigenvalue weighted by atomic mass is 9.97. The van der Waals surface area contributed by atoms with Crippen LogP contribution in [0.3, 0.4) is 0 Å². The molecule has 1 amide bonds. The number of piperidine rings is 1. The number of amides is 1. The molecule has 102 valence electrons. The van der Waals surface area contributed by atoms with Gasteiger partial charge >= 0.3 is 0 Å². The Morgan fingerprint density at radius 3 is 3.16 bits per heavy atom. The molecule has 3 heterocycles. The maximum absolute atomic E-state index is 12.2. The second-order valence-corrected chi connectivity index (χ2v) is 5.49. The summed E-state index contributed by atoms with van der Waals surface area (Å²) in [6.07, 6.45) is 7.79. The Bertz CT molecular complexity index is 476. The molecule has 2 atom stereocenters. The van der Waals surface area contributed by atoms with Crippen LogP contribution in [0.2, 0.25) is 0 Å². The first-order chi connectivity index (χ1) is 9.24. The van der Waals surface area contributed by atoms with Gasteiger partial charge < -0.3 is 16.0 Å². The lowest BCUT2D eigenvalue weighted by Gasteiger charge is -2.35. The van der Waals surface area contributed by atoms with Gasteiger partial charge in [0, 0.05) is 36.7 Å². The molecule has 2 unspecified atom stereocenters. The molecule has 1 aromatic heterocycles. The molecule has 5 heteroatoms. The lowest BCUT2D eigenvalue weighted by Crippen LogP contribution is -2.47. The van der Waals surface area contributed by atoms with E-state index in [4.69, 9.17) is 5.73 Å². The minimum Gasteiger partial charge on any atom is -0.398 e. The summed E-state index contributed by atoms with van der Waals surface area (Å²) in [7, 11) is 0. The Balaban J connectivity index is 1.62. The number of nitrogens with one attached hydrogen (secondary N) is 1. The van der Waals surface area contributed by atoms with Gasteiger partial charge in [-0.3, -0.25) is 9.78 Å². The number of nitrogens with two attached hydrogens (primary N) is 1. The first-order valence-corrected chi connectivity index (χ1v) is 6.98. The largest absolute Gasteiger partial charge is 0.398 e. The van der Waals surface area contributed by atoms with Gasteiger partial charge in [-0.25, -0.2) is 0 Å². The maximum atomic E-state index is 12.2. The fourth-order valence-corrected chi connectivity index (χ4v) is 3.21.